The van der Waals surface area contributed by atoms with Crippen LogP contribution in [0, 0.1) is 5.41 Å². The molecular weight excluding hydrogens is 188 g/mol. The second-order valence-corrected chi connectivity index (χ2v) is 4.78. The van der Waals surface area contributed by atoms with Crippen molar-refractivity contribution in [1.29, 1.82) is 0 Å². The lowest BCUT2D eigenvalue weighted by Crippen LogP contribution is -2.44. The molecule has 1 rings (SSSR count). The Morgan fingerprint density at radius 3 is 2.47 bits per heavy atom. The highest BCUT2D eigenvalue weighted by Crippen LogP contribution is 2.40. The van der Waals surface area contributed by atoms with Crippen LogP contribution in [0.15, 0.2) is 0 Å². The van der Waals surface area contributed by atoms with Gasteiger partial charge in [-0.15, -0.1) is 0 Å². The molecule has 15 heavy (non-hydrogen) atoms. The Labute approximate surface area is 93.0 Å². The van der Waals surface area contributed by atoms with Crippen LogP contribution in [0.4, 0.5) is 0 Å². The average Bonchev–Trinajstić information content (AvgIpc) is 2.74. The zero-order valence-electron chi connectivity index (χ0n) is 10.2. The average molecular weight is 212 g/mol. The molecule has 0 saturated heterocycles. The second kappa shape index (κ2) is 5.50. The number of hydrogen-bond donors (Lipinski definition) is 2. The molecule has 3 heteroatoms. The van der Waals surface area contributed by atoms with E-state index in [-0.39, 0.29) is 11.9 Å². The Kier molecular flexibility index (Phi) is 4.58. The predicted molar refractivity (Wildman–Crippen MR) is 62.7 cm³/mol. The Morgan fingerprint density at radius 2 is 2.00 bits per heavy atom. The summed E-state index contributed by atoms with van der Waals surface area (Å²) in [6.45, 7) is 5.17. The van der Waals surface area contributed by atoms with Crippen molar-refractivity contribution in [2.45, 2.75) is 52.0 Å². The lowest BCUT2D eigenvalue weighted by atomic mass is 9.83. The van der Waals surface area contributed by atoms with Crippen molar-refractivity contribution in [3.63, 3.8) is 0 Å². The van der Waals surface area contributed by atoms with Crippen LogP contribution in [0.5, 0.6) is 0 Å². The summed E-state index contributed by atoms with van der Waals surface area (Å²) in [6.07, 6.45) is 6.56. The van der Waals surface area contributed by atoms with Gasteiger partial charge < -0.3 is 10.6 Å². The first-order valence-corrected chi connectivity index (χ1v) is 6.08. The number of nitrogens with one attached hydrogen (secondary N) is 2. The smallest absolute Gasteiger partial charge is 0.236 e. The van der Waals surface area contributed by atoms with E-state index >= 15 is 0 Å². The minimum Gasteiger partial charge on any atom is -0.358 e. The molecule has 2 N–H and O–H groups in total. The van der Waals surface area contributed by atoms with Crippen molar-refractivity contribution in [2.75, 3.05) is 13.6 Å². The summed E-state index contributed by atoms with van der Waals surface area (Å²) in [7, 11) is 1.69. The second-order valence-electron chi connectivity index (χ2n) is 4.78. The van der Waals surface area contributed by atoms with Gasteiger partial charge in [-0.3, -0.25) is 4.79 Å². The van der Waals surface area contributed by atoms with Crippen molar-refractivity contribution in [1.82, 2.24) is 10.6 Å². The highest BCUT2D eigenvalue weighted by Gasteiger charge is 2.32. The summed E-state index contributed by atoms with van der Waals surface area (Å²) in [4.78, 5) is 11.3. The zero-order chi connectivity index (χ0) is 11.3. The monoisotopic (exact) mass is 212 g/mol. The summed E-state index contributed by atoms with van der Waals surface area (Å²) in [6, 6.07) is -0.0703. The fraction of sp³-hybridized carbons (Fsp3) is 0.917. The van der Waals surface area contributed by atoms with Gasteiger partial charge in [-0.1, -0.05) is 19.8 Å². The van der Waals surface area contributed by atoms with Crippen LogP contribution in [-0.4, -0.2) is 25.5 Å². The van der Waals surface area contributed by atoms with Crippen LogP contribution in [0.3, 0.4) is 0 Å². The van der Waals surface area contributed by atoms with Gasteiger partial charge in [0.05, 0.1) is 6.04 Å². The molecule has 0 aromatic heterocycles. The van der Waals surface area contributed by atoms with Crippen LogP contribution in [-0.2, 0) is 4.79 Å². The number of likely N-dealkylation sites (N-methyl/N-ethyl adjacent to an activating group) is 1. The Morgan fingerprint density at radius 1 is 1.40 bits per heavy atom. The van der Waals surface area contributed by atoms with Crippen molar-refractivity contribution in [3.05, 3.63) is 0 Å². The van der Waals surface area contributed by atoms with Gasteiger partial charge in [0.25, 0.3) is 0 Å². The van der Waals surface area contributed by atoms with E-state index in [1.807, 2.05) is 6.92 Å². The van der Waals surface area contributed by atoms with E-state index in [2.05, 4.69) is 17.6 Å². The minimum atomic E-state index is -0.0703. The molecular formula is C12H24N2O. The fourth-order valence-corrected chi connectivity index (χ4v) is 2.46. The largest absolute Gasteiger partial charge is 0.358 e. The standard InChI is InChI=1S/C12H24N2O/c1-4-12(7-5-6-8-12)9-14-10(2)11(15)13-3/h10,14H,4-9H2,1-3H3,(H,13,15). The minimum absolute atomic E-state index is 0.0703. The van der Waals surface area contributed by atoms with Crippen LogP contribution in [0.25, 0.3) is 0 Å². The van der Waals surface area contributed by atoms with E-state index in [4.69, 9.17) is 0 Å². The van der Waals surface area contributed by atoms with E-state index in [0.717, 1.165) is 6.54 Å². The maximum Gasteiger partial charge on any atom is 0.236 e. The molecule has 88 valence electrons. The normalized spacial score (nSPS) is 21.3. The third-order valence-corrected chi connectivity index (χ3v) is 3.84. The molecule has 1 aliphatic carbocycles. The van der Waals surface area contributed by atoms with Crippen LogP contribution in [0.1, 0.15) is 46.0 Å². The molecule has 3 nitrogen and oxygen atoms in total. The zero-order valence-corrected chi connectivity index (χ0v) is 10.2. The van der Waals surface area contributed by atoms with E-state index in [9.17, 15) is 4.79 Å². The Bertz CT molecular complexity index is 210. The molecule has 1 amide bonds. The number of hydrogen-bond acceptors (Lipinski definition) is 2. The predicted octanol–water partition coefficient (Wildman–Crippen LogP) is 1.68. The van der Waals surface area contributed by atoms with E-state index < -0.39 is 0 Å². The van der Waals surface area contributed by atoms with Gasteiger partial charge in [0.2, 0.25) is 5.91 Å². The first kappa shape index (κ1) is 12.5. The maximum absolute atomic E-state index is 11.3. The van der Waals surface area contributed by atoms with Crippen molar-refractivity contribution in [3.8, 4) is 0 Å². The molecule has 0 spiro atoms. The third kappa shape index (κ3) is 3.20. The van der Waals surface area contributed by atoms with E-state index in [1.54, 1.807) is 7.05 Å². The van der Waals surface area contributed by atoms with Crippen LogP contribution >= 0.6 is 0 Å². The quantitative estimate of drug-likeness (QED) is 0.728. The highest BCUT2D eigenvalue weighted by atomic mass is 16.2. The van der Waals surface area contributed by atoms with Gasteiger partial charge in [-0.25, -0.2) is 0 Å². The first-order valence-electron chi connectivity index (χ1n) is 6.08. The summed E-state index contributed by atoms with van der Waals surface area (Å²) >= 11 is 0. The van der Waals surface area contributed by atoms with E-state index in [1.165, 1.54) is 32.1 Å². The maximum atomic E-state index is 11.3. The molecule has 1 atom stereocenters. The van der Waals surface area contributed by atoms with Gasteiger partial charge in [0, 0.05) is 13.6 Å². The molecule has 0 heterocycles. The molecule has 0 aromatic carbocycles. The van der Waals surface area contributed by atoms with Gasteiger partial charge in [-0.2, -0.15) is 0 Å². The number of carbonyl (C=O) groups excluding carboxylic acids is 1. The molecule has 1 fully saturated rings. The van der Waals surface area contributed by atoms with Crippen molar-refractivity contribution in [2.24, 2.45) is 5.41 Å². The Balaban J connectivity index is 2.37. The molecule has 1 aliphatic rings. The summed E-state index contributed by atoms with van der Waals surface area (Å²) in [5.74, 6) is 0.0826. The summed E-state index contributed by atoms with van der Waals surface area (Å²) < 4.78 is 0. The molecule has 0 aromatic rings. The lowest BCUT2D eigenvalue weighted by Gasteiger charge is -2.29. The van der Waals surface area contributed by atoms with Crippen molar-refractivity contribution >= 4 is 5.91 Å². The van der Waals surface area contributed by atoms with E-state index in [0.29, 0.717) is 5.41 Å². The summed E-state index contributed by atoms with van der Waals surface area (Å²) in [5, 5.41) is 6.02. The Hall–Kier alpha value is -0.570. The van der Waals surface area contributed by atoms with Gasteiger partial charge >= 0.3 is 0 Å². The molecule has 0 bridgehead atoms. The molecule has 0 radical (unpaired) electrons. The van der Waals surface area contributed by atoms with Crippen LogP contribution < -0.4 is 10.6 Å². The van der Waals surface area contributed by atoms with Gasteiger partial charge in [-0.05, 0) is 31.6 Å². The highest BCUT2D eigenvalue weighted by molar-refractivity contribution is 5.80. The lowest BCUT2D eigenvalue weighted by molar-refractivity contribution is -0.122. The van der Waals surface area contributed by atoms with Crippen LogP contribution in [0.2, 0.25) is 0 Å². The SMILES string of the molecule is CCC1(CNC(C)C(=O)NC)CCCC1. The fourth-order valence-electron chi connectivity index (χ4n) is 2.46. The third-order valence-electron chi connectivity index (χ3n) is 3.84. The first-order chi connectivity index (χ1) is 7.13. The van der Waals surface area contributed by atoms with Gasteiger partial charge in [0.1, 0.15) is 0 Å². The topological polar surface area (TPSA) is 41.1 Å². The molecule has 1 saturated carbocycles. The molecule has 1 unspecified atom stereocenters. The number of carbonyl (C=O) groups is 1. The number of amides is 1. The molecule has 0 aliphatic heterocycles. The van der Waals surface area contributed by atoms with Gasteiger partial charge in [0.15, 0.2) is 0 Å². The van der Waals surface area contributed by atoms with Crippen molar-refractivity contribution < 1.29 is 4.79 Å². The summed E-state index contributed by atoms with van der Waals surface area (Å²) in [5.41, 5.74) is 0.461. The number of rotatable bonds is 5.